The highest BCUT2D eigenvalue weighted by atomic mass is 16.4. The number of aliphatic hydroxyl groups excluding tert-OH is 1. The van der Waals surface area contributed by atoms with Gasteiger partial charge in [-0.2, -0.15) is 0 Å². The summed E-state index contributed by atoms with van der Waals surface area (Å²) in [6, 6.07) is 0. The molecule has 5 heteroatoms. The molecule has 0 saturated heterocycles. The summed E-state index contributed by atoms with van der Waals surface area (Å²) < 4.78 is 0.396. The van der Waals surface area contributed by atoms with Gasteiger partial charge in [-0.1, -0.05) is 6.08 Å². The molecular weight excluding hydrogens is 222 g/mol. The number of nitrogens with zero attached hydrogens (tertiary/aromatic N) is 1. The molecular formula is C12H22NO4+. The number of allylic oxidation sites excluding steroid dienone is 2. The van der Waals surface area contributed by atoms with Gasteiger partial charge in [-0.3, -0.25) is 9.59 Å². The van der Waals surface area contributed by atoms with Crippen LogP contribution in [0.25, 0.3) is 0 Å². The molecule has 0 aliphatic rings. The molecule has 0 heterocycles. The molecule has 0 aliphatic heterocycles. The number of carboxylic acids is 1. The van der Waals surface area contributed by atoms with Gasteiger partial charge in [0.1, 0.15) is 12.6 Å². The minimum absolute atomic E-state index is 0.208. The fraction of sp³-hybridized carbons (Fsp3) is 0.667. The van der Waals surface area contributed by atoms with Crippen LogP contribution in [0.5, 0.6) is 0 Å². The summed E-state index contributed by atoms with van der Waals surface area (Å²) in [5, 5.41) is 18.9. The zero-order valence-corrected chi connectivity index (χ0v) is 11.1. The zero-order valence-electron chi connectivity index (χ0n) is 11.1. The Morgan fingerprint density at radius 1 is 1.29 bits per heavy atom. The molecule has 0 amide bonds. The summed E-state index contributed by atoms with van der Waals surface area (Å²) in [6.45, 7) is 3.43. The first-order valence-electron chi connectivity index (χ1n) is 5.48. The highest BCUT2D eigenvalue weighted by Crippen LogP contribution is 2.14. The van der Waals surface area contributed by atoms with E-state index in [9.17, 15) is 14.7 Å². The molecule has 0 spiro atoms. The molecule has 0 aromatic heterocycles. The third-order valence-electron chi connectivity index (χ3n) is 2.49. The molecule has 17 heavy (non-hydrogen) atoms. The molecule has 0 fully saturated rings. The van der Waals surface area contributed by atoms with Crippen molar-refractivity contribution in [2.24, 2.45) is 5.92 Å². The van der Waals surface area contributed by atoms with Gasteiger partial charge in [-0.25, -0.2) is 0 Å². The molecule has 0 unspecified atom stereocenters. The number of hydrogen-bond donors (Lipinski definition) is 2. The van der Waals surface area contributed by atoms with Gasteiger partial charge >= 0.3 is 5.97 Å². The van der Waals surface area contributed by atoms with Gasteiger partial charge < -0.3 is 14.7 Å². The van der Waals surface area contributed by atoms with Crippen molar-refractivity contribution in [2.75, 3.05) is 27.7 Å². The lowest BCUT2D eigenvalue weighted by molar-refractivity contribution is -0.873. The molecule has 0 rings (SSSR count). The summed E-state index contributed by atoms with van der Waals surface area (Å²) in [6.07, 6.45) is 0.367. The number of likely N-dealkylation sites (N-methyl/N-ethyl adjacent to an activating group) is 1. The number of aliphatic hydroxyl groups is 1. The van der Waals surface area contributed by atoms with E-state index in [1.165, 1.54) is 0 Å². The van der Waals surface area contributed by atoms with Crippen LogP contribution in [0.2, 0.25) is 0 Å². The number of carbonyl (C=O) groups is 2. The maximum absolute atomic E-state index is 11.8. The van der Waals surface area contributed by atoms with Crippen molar-refractivity contribution in [2.45, 2.75) is 20.0 Å². The number of ketones is 1. The summed E-state index contributed by atoms with van der Waals surface area (Å²) in [7, 11) is 5.49. The fourth-order valence-electron chi connectivity index (χ4n) is 1.51. The second kappa shape index (κ2) is 5.93. The lowest BCUT2D eigenvalue weighted by Gasteiger charge is -2.28. The van der Waals surface area contributed by atoms with Crippen LogP contribution in [0.15, 0.2) is 11.6 Å². The van der Waals surface area contributed by atoms with E-state index in [1.54, 1.807) is 19.9 Å². The van der Waals surface area contributed by atoms with Crippen molar-refractivity contribution in [3.63, 3.8) is 0 Å². The van der Waals surface area contributed by atoms with E-state index in [0.29, 0.717) is 10.1 Å². The Labute approximate surface area is 102 Å². The van der Waals surface area contributed by atoms with E-state index < -0.39 is 23.8 Å². The van der Waals surface area contributed by atoms with Gasteiger partial charge in [-0.15, -0.1) is 0 Å². The minimum atomic E-state index is -1.39. The topological polar surface area (TPSA) is 74.6 Å². The normalized spacial score (nSPS) is 16.5. The molecule has 0 bridgehead atoms. The van der Waals surface area contributed by atoms with Gasteiger partial charge in [-0.05, 0) is 19.4 Å². The van der Waals surface area contributed by atoms with Crippen LogP contribution in [0, 0.1) is 5.92 Å². The SMILES string of the molecule is C/C=C(\C)C(=O)[C@@H](C(=O)O)[C@@H](O)C[N+](C)(C)C. The molecule has 2 atom stereocenters. The number of Topliss-reactive ketones (excluding diaryl/α,β-unsaturated/α-hetero) is 1. The summed E-state index contributed by atoms with van der Waals surface area (Å²) >= 11 is 0. The first kappa shape index (κ1) is 15.8. The second-order valence-electron chi connectivity index (χ2n) is 5.19. The first-order valence-corrected chi connectivity index (χ1v) is 5.48. The number of quaternary nitrogens is 1. The average molecular weight is 244 g/mol. The number of carboxylic acid groups (broad SMARTS) is 1. The monoisotopic (exact) mass is 244 g/mol. The van der Waals surface area contributed by atoms with E-state index >= 15 is 0 Å². The number of carbonyl (C=O) groups excluding carboxylic acids is 1. The minimum Gasteiger partial charge on any atom is -0.481 e. The van der Waals surface area contributed by atoms with E-state index in [0.717, 1.165) is 0 Å². The molecule has 0 aliphatic carbocycles. The Kier molecular flexibility index (Phi) is 5.51. The molecule has 0 radical (unpaired) electrons. The third kappa shape index (κ3) is 5.10. The van der Waals surface area contributed by atoms with E-state index in [2.05, 4.69) is 0 Å². The smallest absolute Gasteiger partial charge is 0.317 e. The standard InChI is InChI=1S/C12H21NO4/c1-6-8(2)11(15)10(12(16)17)9(14)7-13(3,4)5/h6,9-10,14H,7H2,1-5H3/p+1/b8-6+/t9-,10-/m0/s1. The lowest BCUT2D eigenvalue weighted by Crippen LogP contribution is -2.48. The molecule has 98 valence electrons. The largest absolute Gasteiger partial charge is 0.481 e. The molecule has 0 aromatic rings. The van der Waals surface area contributed by atoms with Gasteiger partial charge in [0.15, 0.2) is 11.7 Å². The van der Waals surface area contributed by atoms with E-state index in [4.69, 9.17) is 5.11 Å². The van der Waals surface area contributed by atoms with Gasteiger partial charge in [0.2, 0.25) is 0 Å². The maximum atomic E-state index is 11.8. The van der Waals surface area contributed by atoms with Crippen LogP contribution in [-0.2, 0) is 9.59 Å². The third-order valence-corrected chi connectivity index (χ3v) is 2.49. The number of aliphatic carboxylic acids is 1. The average Bonchev–Trinajstić information content (AvgIpc) is 2.12. The summed E-state index contributed by atoms with van der Waals surface area (Å²) in [4.78, 5) is 22.9. The summed E-state index contributed by atoms with van der Waals surface area (Å²) in [5.41, 5.74) is 0.359. The van der Waals surface area contributed by atoms with Crippen molar-refractivity contribution >= 4 is 11.8 Å². The van der Waals surface area contributed by atoms with Crippen molar-refractivity contribution in [1.29, 1.82) is 0 Å². The molecule has 0 aromatic carbocycles. The van der Waals surface area contributed by atoms with E-state index in [-0.39, 0.29) is 6.54 Å². The Morgan fingerprint density at radius 2 is 1.76 bits per heavy atom. The highest BCUT2D eigenvalue weighted by molar-refractivity contribution is 6.07. The Hall–Kier alpha value is -1.20. The fourth-order valence-corrected chi connectivity index (χ4v) is 1.51. The quantitative estimate of drug-likeness (QED) is 0.400. The molecule has 5 nitrogen and oxygen atoms in total. The molecule has 0 saturated carbocycles. The van der Waals surface area contributed by atoms with Crippen molar-refractivity contribution in [3.05, 3.63) is 11.6 Å². The van der Waals surface area contributed by atoms with Gasteiger partial charge in [0, 0.05) is 0 Å². The van der Waals surface area contributed by atoms with Crippen LogP contribution < -0.4 is 0 Å². The first-order chi connectivity index (χ1) is 7.60. The Balaban J connectivity index is 5.00. The van der Waals surface area contributed by atoms with Crippen molar-refractivity contribution in [3.8, 4) is 0 Å². The van der Waals surface area contributed by atoms with Crippen LogP contribution in [0.4, 0.5) is 0 Å². The molecule has 2 N–H and O–H groups in total. The Bertz CT molecular complexity index is 328. The number of rotatable bonds is 6. The summed E-state index contributed by atoms with van der Waals surface area (Å²) in [5.74, 6) is -3.19. The predicted molar refractivity (Wildman–Crippen MR) is 64.5 cm³/mol. The predicted octanol–water partition coefficient (Wildman–Crippen LogP) is 0.290. The van der Waals surface area contributed by atoms with Crippen LogP contribution in [-0.4, -0.2) is 60.2 Å². The van der Waals surface area contributed by atoms with E-state index in [1.807, 2.05) is 21.1 Å². The van der Waals surface area contributed by atoms with Crippen LogP contribution in [0.3, 0.4) is 0 Å². The maximum Gasteiger partial charge on any atom is 0.317 e. The van der Waals surface area contributed by atoms with Crippen molar-refractivity contribution in [1.82, 2.24) is 0 Å². The number of hydrogen-bond acceptors (Lipinski definition) is 3. The van der Waals surface area contributed by atoms with Gasteiger partial charge in [0.25, 0.3) is 0 Å². The van der Waals surface area contributed by atoms with Gasteiger partial charge in [0.05, 0.1) is 21.1 Å². The lowest BCUT2D eigenvalue weighted by atomic mass is 9.92. The van der Waals surface area contributed by atoms with Crippen LogP contribution in [0.1, 0.15) is 13.8 Å². The Morgan fingerprint density at radius 3 is 2.06 bits per heavy atom. The highest BCUT2D eigenvalue weighted by Gasteiger charge is 2.36. The van der Waals surface area contributed by atoms with Crippen LogP contribution >= 0.6 is 0 Å². The van der Waals surface area contributed by atoms with Crippen molar-refractivity contribution < 1.29 is 24.3 Å². The second-order valence-corrected chi connectivity index (χ2v) is 5.19. The zero-order chi connectivity index (χ0) is 13.8.